The first-order chi connectivity index (χ1) is 5.79. The van der Waals surface area contributed by atoms with Crippen molar-refractivity contribution in [1.29, 1.82) is 0 Å². The summed E-state index contributed by atoms with van der Waals surface area (Å²) in [7, 11) is 0. The minimum absolute atomic E-state index is 0.928. The summed E-state index contributed by atoms with van der Waals surface area (Å²) in [5.41, 5.74) is 0.928. The molecule has 3 nitrogen and oxygen atoms in total. The number of rotatable bonds is 0. The Labute approximate surface area is 96.2 Å². The fraction of sp³-hybridized carbons (Fsp3) is 0. The van der Waals surface area contributed by atoms with Crippen LogP contribution in [0.15, 0.2) is 18.3 Å². The van der Waals surface area contributed by atoms with Crippen molar-refractivity contribution in [2.45, 2.75) is 0 Å². The summed E-state index contributed by atoms with van der Waals surface area (Å²) < 4.78 is 2.34. The zero-order chi connectivity index (χ0) is 8.55. The van der Waals surface area contributed by atoms with E-state index in [0.717, 1.165) is 14.5 Å². The molecular weight excluding hydrogens is 380 g/mol. The highest BCUT2D eigenvalue weighted by molar-refractivity contribution is 14.1. The van der Waals surface area contributed by atoms with Crippen molar-refractivity contribution in [3.63, 3.8) is 0 Å². The fourth-order valence-corrected chi connectivity index (χ4v) is 1.95. The van der Waals surface area contributed by atoms with E-state index in [1.807, 2.05) is 12.1 Å². The Bertz CT molecular complexity index is 430. The van der Waals surface area contributed by atoms with Crippen molar-refractivity contribution < 1.29 is 0 Å². The summed E-state index contributed by atoms with van der Waals surface area (Å²) in [6.07, 6.45) is 1.72. The third-order valence-electron chi connectivity index (χ3n) is 1.49. The standard InChI is InChI=1S/C7H3I2N3/c8-5-2-1-4-3-10-12-11-7(4)6(5)9/h1-3H. The van der Waals surface area contributed by atoms with Gasteiger partial charge in [-0.05, 0) is 62.5 Å². The number of hydrogen-bond acceptors (Lipinski definition) is 3. The van der Waals surface area contributed by atoms with Crippen molar-refractivity contribution in [3.05, 3.63) is 25.5 Å². The van der Waals surface area contributed by atoms with Gasteiger partial charge in [0, 0.05) is 8.96 Å². The molecule has 0 saturated heterocycles. The van der Waals surface area contributed by atoms with Crippen LogP contribution in [0.2, 0.25) is 0 Å². The minimum Gasteiger partial charge on any atom is -0.138 e. The molecule has 1 aromatic carbocycles. The van der Waals surface area contributed by atoms with Gasteiger partial charge in [0.1, 0.15) is 5.52 Å². The Hall–Kier alpha value is -0.0500. The van der Waals surface area contributed by atoms with Gasteiger partial charge in [0.25, 0.3) is 0 Å². The lowest BCUT2D eigenvalue weighted by Crippen LogP contribution is -1.91. The summed E-state index contributed by atoms with van der Waals surface area (Å²) in [6, 6.07) is 4.05. The molecule has 0 aliphatic rings. The van der Waals surface area contributed by atoms with Crippen LogP contribution in [0.4, 0.5) is 0 Å². The van der Waals surface area contributed by atoms with Crippen molar-refractivity contribution in [3.8, 4) is 0 Å². The van der Waals surface area contributed by atoms with Crippen LogP contribution in [0.25, 0.3) is 10.9 Å². The van der Waals surface area contributed by atoms with Crippen LogP contribution in [0, 0.1) is 7.14 Å². The Morgan fingerprint density at radius 3 is 2.83 bits per heavy atom. The quantitative estimate of drug-likeness (QED) is 0.656. The second kappa shape index (κ2) is 3.36. The van der Waals surface area contributed by atoms with Gasteiger partial charge in [-0.15, -0.1) is 10.2 Å². The molecule has 2 rings (SSSR count). The number of hydrogen-bond donors (Lipinski definition) is 0. The molecule has 0 fully saturated rings. The minimum atomic E-state index is 0.928. The maximum absolute atomic E-state index is 3.97. The van der Waals surface area contributed by atoms with Gasteiger partial charge in [-0.3, -0.25) is 0 Å². The normalized spacial score (nSPS) is 10.5. The number of nitrogens with zero attached hydrogens (tertiary/aromatic N) is 3. The first kappa shape index (κ1) is 8.54. The van der Waals surface area contributed by atoms with Crippen molar-refractivity contribution in [2.75, 3.05) is 0 Å². The lowest BCUT2D eigenvalue weighted by atomic mass is 10.2. The highest BCUT2D eigenvalue weighted by atomic mass is 127. The molecule has 0 radical (unpaired) electrons. The van der Waals surface area contributed by atoms with Crippen molar-refractivity contribution in [1.82, 2.24) is 15.4 Å². The van der Waals surface area contributed by atoms with Crippen LogP contribution in [-0.4, -0.2) is 15.4 Å². The molecule has 0 atom stereocenters. The predicted octanol–water partition coefficient (Wildman–Crippen LogP) is 2.23. The van der Waals surface area contributed by atoms with Crippen LogP contribution in [0.1, 0.15) is 0 Å². The molecule has 0 unspecified atom stereocenters. The lowest BCUT2D eigenvalue weighted by molar-refractivity contribution is 0.893. The molecule has 0 N–H and O–H groups in total. The molecule has 0 bridgehead atoms. The molecule has 0 saturated carbocycles. The molecule has 0 spiro atoms. The second-order valence-electron chi connectivity index (χ2n) is 2.23. The van der Waals surface area contributed by atoms with E-state index in [-0.39, 0.29) is 0 Å². The van der Waals surface area contributed by atoms with Gasteiger partial charge in [-0.1, -0.05) is 0 Å². The van der Waals surface area contributed by atoms with Gasteiger partial charge in [0.15, 0.2) is 0 Å². The average molecular weight is 383 g/mol. The molecule has 5 heteroatoms. The van der Waals surface area contributed by atoms with Gasteiger partial charge < -0.3 is 0 Å². The van der Waals surface area contributed by atoms with Gasteiger partial charge in [-0.25, -0.2) is 0 Å². The Morgan fingerprint density at radius 2 is 2.00 bits per heavy atom. The largest absolute Gasteiger partial charge is 0.138 e. The highest BCUT2D eigenvalue weighted by Crippen LogP contribution is 2.22. The highest BCUT2D eigenvalue weighted by Gasteiger charge is 2.03. The maximum atomic E-state index is 3.97. The van der Waals surface area contributed by atoms with E-state index in [9.17, 15) is 0 Å². The van der Waals surface area contributed by atoms with Crippen LogP contribution >= 0.6 is 45.2 Å². The van der Waals surface area contributed by atoms with Crippen molar-refractivity contribution >= 4 is 56.1 Å². The first-order valence-electron chi connectivity index (χ1n) is 3.21. The van der Waals surface area contributed by atoms with Crippen LogP contribution in [0.5, 0.6) is 0 Å². The van der Waals surface area contributed by atoms with Gasteiger partial charge in [-0.2, -0.15) is 0 Å². The average Bonchev–Trinajstić information content (AvgIpc) is 2.12. The molecule has 2 aromatic rings. The SMILES string of the molecule is Ic1ccc2cnnnc2c1I. The van der Waals surface area contributed by atoms with E-state index >= 15 is 0 Å². The second-order valence-corrected chi connectivity index (χ2v) is 4.47. The molecule has 0 aliphatic carbocycles. The Kier molecular flexibility index (Phi) is 2.40. The van der Waals surface area contributed by atoms with E-state index in [4.69, 9.17) is 0 Å². The van der Waals surface area contributed by atoms with Crippen molar-refractivity contribution in [2.24, 2.45) is 0 Å². The summed E-state index contributed by atoms with van der Waals surface area (Å²) >= 11 is 4.54. The summed E-state index contributed by atoms with van der Waals surface area (Å²) in [6.45, 7) is 0. The fourth-order valence-electron chi connectivity index (χ4n) is 0.919. The number of aromatic nitrogens is 3. The molecule has 0 aliphatic heterocycles. The van der Waals surface area contributed by atoms with E-state index in [0.29, 0.717) is 0 Å². The monoisotopic (exact) mass is 383 g/mol. The van der Waals surface area contributed by atoms with E-state index in [1.165, 1.54) is 3.57 Å². The molecule has 12 heavy (non-hydrogen) atoms. The number of benzene rings is 1. The summed E-state index contributed by atoms with van der Waals surface area (Å²) in [5.74, 6) is 0. The molecule has 0 amide bonds. The smallest absolute Gasteiger partial charge is 0.111 e. The molecule has 1 heterocycles. The third kappa shape index (κ3) is 1.39. The van der Waals surface area contributed by atoms with Gasteiger partial charge in [0.05, 0.1) is 9.77 Å². The maximum Gasteiger partial charge on any atom is 0.111 e. The lowest BCUT2D eigenvalue weighted by Gasteiger charge is -1.98. The molecule has 1 aromatic heterocycles. The number of fused-ring (bicyclic) bond motifs is 1. The topological polar surface area (TPSA) is 38.7 Å². The van der Waals surface area contributed by atoms with E-state index < -0.39 is 0 Å². The molecular formula is C7H3I2N3. The van der Waals surface area contributed by atoms with E-state index in [1.54, 1.807) is 6.20 Å². The first-order valence-corrected chi connectivity index (χ1v) is 5.37. The number of halogens is 2. The Balaban J connectivity index is 2.91. The zero-order valence-electron chi connectivity index (χ0n) is 5.83. The summed E-state index contributed by atoms with van der Waals surface area (Å²) in [5, 5.41) is 12.3. The zero-order valence-corrected chi connectivity index (χ0v) is 10.1. The van der Waals surface area contributed by atoms with Gasteiger partial charge in [0.2, 0.25) is 0 Å². The third-order valence-corrected chi connectivity index (χ3v) is 4.52. The van der Waals surface area contributed by atoms with Crippen LogP contribution in [-0.2, 0) is 0 Å². The predicted molar refractivity (Wildman–Crippen MR) is 62.8 cm³/mol. The summed E-state index contributed by atoms with van der Waals surface area (Å²) in [4.78, 5) is 0. The van der Waals surface area contributed by atoms with Crippen LogP contribution in [0.3, 0.4) is 0 Å². The van der Waals surface area contributed by atoms with Gasteiger partial charge >= 0.3 is 0 Å². The molecule has 60 valence electrons. The van der Waals surface area contributed by atoms with Crippen LogP contribution < -0.4 is 0 Å². The Morgan fingerprint density at radius 1 is 1.17 bits per heavy atom. The van der Waals surface area contributed by atoms with E-state index in [2.05, 4.69) is 60.6 Å².